The third kappa shape index (κ3) is 6.50. The van der Waals surface area contributed by atoms with Gasteiger partial charge in [0.05, 0.1) is 0 Å². The van der Waals surface area contributed by atoms with E-state index in [2.05, 4.69) is 10.2 Å². The minimum absolute atomic E-state index is 0.188. The molecule has 1 saturated heterocycles. The van der Waals surface area contributed by atoms with Crippen LogP contribution in [-0.2, 0) is 9.59 Å². The van der Waals surface area contributed by atoms with E-state index in [9.17, 15) is 9.59 Å². The molecule has 0 spiro atoms. The fraction of sp³-hybridized carbons (Fsp3) is 0.286. The lowest BCUT2D eigenvalue weighted by molar-refractivity contribution is -0.139. The van der Waals surface area contributed by atoms with Crippen LogP contribution in [0.5, 0.6) is 0 Å². The second-order valence-electron chi connectivity index (χ2n) is 9.76. The normalized spacial score (nSPS) is 14.4. The van der Waals surface area contributed by atoms with Crippen LogP contribution in [0.15, 0.2) is 65.1 Å². The van der Waals surface area contributed by atoms with E-state index in [4.69, 9.17) is 27.6 Å². The van der Waals surface area contributed by atoms with Crippen molar-refractivity contribution in [2.75, 3.05) is 36.4 Å². The summed E-state index contributed by atoms with van der Waals surface area (Å²) in [6.07, 6.45) is 3.03. The van der Waals surface area contributed by atoms with Crippen molar-refractivity contribution in [2.45, 2.75) is 20.8 Å². The van der Waals surface area contributed by atoms with E-state index < -0.39 is 0 Å². The highest BCUT2D eigenvalue weighted by Crippen LogP contribution is 2.29. The summed E-state index contributed by atoms with van der Waals surface area (Å²) in [5.41, 5.74) is 2.17. The highest BCUT2D eigenvalue weighted by atomic mass is 35.5. The van der Waals surface area contributed by atoms with Crippen molar-refractivity contribution in [1.82, 2.24) is 4.90 Å². The lowest BCUT2D eigenvalue weighted by atomic mass is 9.94. The number of carbonyl (C=O) groups is 2. The van der Waals surface area contributed by atoms with Crippen molar-refractivity contribution >= 4 is 52.5 Å². The van der Waals surface area contributed by atoms with Crippen molar-refractivity contribution in [3.05, 3.63) is 76.5 Å². The number of piperazine rings is 1. The molecule has 1 aliphatic rings. The van der Waals surface area contributed by atoms with Crippen LogP contribution >= 0.6 is 23.2 Å². The summed E-state index contributed by atoms with van der Waals surface area (Å²) < 4.78 is 5.79. The molecule has 0 aliphatic carbocycles. The lowest BCUT2D eigenvalue weighted by Crippen LogP contribution is -2.51. The van der Waals surface area contributed by atoms with Crippen LogP contribution in [0.25, 0.3) is 17.4 Å². The van der Waals surface area contributed by atoms with Crippen LogP contribution in [0.4, 0.5) is 11.4 Å². The van der Waals surface area contributed by atoms with Crippen LogP contribution in [0.3, 0.4) is 0 Å². The van der Waals surface area contributed by atoms with Crippen molar-refractivity contribution in [1.29, 1.82) is 0 Å². The fourth-order valence-corrected chi connectivity index (χ4v) is 4.56. The van der Waals surface area contributed by atoms with Crippen LogP contribution in [0.2, 0.25) is 10.0 Å². The van der Waals surface area contributed by atoms with Gasteiger partial charge in [-0.3, -0.25) is 9.59 Å². The van der Waals surface area contributed by atoms with Crippen LogP contribution in [0, 0.1) is 5.41 Å². The van der Waals surface area contributed by atoms with Gasteiger partial charge >= 0.3 is 0 Å². The number of anilines is 2. The number of amides is 2. The molecule has 0 saturated carbocycles. The SMILES string of the molecule is CC(C)(C)C(=O)N1CCN(c2ccc(NC(=O)/C=C/c3ccc(-c4cc(Cl)cc(Cl)c4)o3)cc2)CC1. The van der Waals surface area contributed by atoms with Gasteiger partial charge in [-0.2, -0.15) is 0 Å². The number of rotatable bonds is 5. The zero-order valence-corrected chi connectivity index (χ0v) is 22.1. The number of carbonyl (C=O) groups excluding carboxylic acids is 2. The molecule has 1 fully saturated rings. The second kappa shape index (κ2) is 10.8. The summed E-state index contributed by atoms with van der Waals surface area (Å²) >= 11 is 12.1. The Balaban J connectivity index is 1.30. The molecule has 36 heavy (non-hydrogen) atoms. The number of benzene rings is 2. The van der Waals surface area contributed by atoms with E-state index in [1.807, 2.05) is 49.9 Å². The highest BCUT2D eigenvalue weighted by Gasteiger charge is 2.29. The van der Waals surface area contributed by atoms with Crippen molar-refractivity contribution in [3.63, 3.8) is 0 Å². The Kier molecular flexibility index (Phi) is 7.76. The predicted octanol–water partition coefficient (Wildman–Crippen LogP) is 6.60. The Morgan fingerprint density at radius 2 is 1.56 bits per heavy atom. The molecule has 2 aromatic carbocycles. The number of hydrogen-bond donors (Lipinski definition) is 1. The van der Waals surface area contributed by atoms with Crippen LogP contribution in [0.1, 0.15) is 26.5 Å². The average molecular weight is 526 g/mol. The third-order valence-corrected chi connectivity index (χ3v) is 6.32. The average Bonchev–Trinajstić information content (AvgIpc) is 3.31. The molecule has 2 heterocycles. The number of nitrogens with zero attached hydrogens (tertiary/aromatic N) is 2. The van der Waals surface area contributed by atoms with Crippen LogP contribution in [-0.4, -0.2) is 42.9 Å². The first-order chi connectivity index (χ1) is 17.1. The van der Waals surface area contributed by atoms with Crippen molar-refractivity contribution < 1.29 is 14.0 Å². The van der Waals surface area contributed by atoms with Crippen molar-refractivity contribution in [2.24, 2.45) is 5.41 Å². The van der Waals surface area contributed by atoms with Gasteiger partial charge in [0.25, 0.3) is 0 Å². The molecule has 0 bridgehead atoms. The summed E-state index contributed by atoms with van der Waals surface area (Å²) in [7, 11) is 0. The second-order valence-corrected chi connectivity index (χ2v) is 10.6. The van der Waals surface area contributed by atoms with E-state index in [1.165, 1.54) is 6.08 Å². The summed E-state index contributed by atoms with van der Waals surface area (Å²) in [4.78, 5) is 29.1. The maximum atomic E-state index is 12.5. The van der Waals surface area contributed by atoms with E-state index in [0.29, 0.717) is 40.3 Å². The van der Waals surface area contributed by atoms with Gasteiger partial charge in [0.1, 0.15) is 11.5 Å². The number of nitrogens with one attached hydrogen (secondary N) is 1. The molecule has 188 valence electrons. The first-order valence-corrected chi connectivity index (χ1v) is 12.5. The molecular formula is C28H29Cl2N3O3. The van der Waals surface area contributed by atoms with Gasteiger partial charge < -0.3 is 19.5 Å². The van der Waals surface area contributed by atoms with E-state index >= 15 is 0 Å². The molecule has 3 aromatic rings. The minimum Gasteiger partial charge on any atom is -0.457 e. The minimum atomic E-state index is -0.361. The molecule has 0 radical (unpaired) electrons. The molecule has 1 aliphatic heterocycles. The Hall–Kier alpha value is -3.22. The molecular weight excluding hydrogens is 497 g/mol. The molecule has 1 aromatic heterocycles. The quantitative estimate of drug-likeness (QED) is 0.381. The number of furan rings is 1. The first kappa shape index (κ1) is 25.9. The molecule has 1 N–H and O–H groups in total. The van der Waals surface area contributed by atoms with Gasteiger partial charge in [0.2, 0.25) is 11.8 Å². The van der Waals surface area contributed by atoms with Gasteiger partial charge in [0.15, 0.2) is 0 Å². The van der Waals surface area contributed by atoms with Crippen LogP contribution < -0.4 is 10.2 Å². The Labute approximate surface area is 221 Å². The Morgan fingerprint density at radius 3 is 2.17 bits per heavy atom. The zero-order valence-electron chi connectivity index (χ0n) is 20.6. The van der Waals surface area contributed by atoms with E-state index in [0.717, 1.165) is 24.3 Å². The maximum Gasteiger partial charge on any atom is 0.248 e. The molecule has 6 nitrogen and oxygen atoms in total. The molecule has 8 heteroatoms. The standard InChI is InChI=1S/C28H29Cl2N3O3/c1-28(2,3)27(35)33-14-12-32(13-15-33)23-6-4-22(5-7-23)31-26(34)11-9-24-8-10-25(36-24)19-16-20(29)18-21(30)17-19/h4-11,16-18H,12-15H2,1-3H3,(H,31,34)/b11-9+. The monoisotopic (exact) mass is 525 g/mol. The smallest absolute Gasteiger partial charge is 0.248 e. The van der Waals surface area contributed by atoms with Gasteiger partial charge in [0, 0.05) is 64.7 Å². The summed E-state index contributed by atoms with van der Waals surface area (Å²) in [5.74, 6) is 1.07. The largest absolute Gasteiger partial charge is 0.457 e. The van der Waals surface area contributed by atoms with E-state index in [-0.39, 0.29) is 17.2 Å². The van der Waals surface area contributed by atoms with Crippen molar-refractivity contribution in [3.8, 4) is 11.3 Å². The van der Waals surface area contributed by atoms with E-state index in [1.54, 1.807) is 36.4 Å². The molecule has 2 amide bonds. The maximum absolute atomic E-state index is 12.5. The third-order valence-electron chi connectivity index (χ3n) is 5.88. The molecule has 4 rings (SSSR count). The summed E-state index contributed by atoms with van der Waals surface area (Å²) in [6, 6.07) is 16.5. The molecule has 0 unspecified atom stereocenters. The Bertz CT molecular complexity index is 1250. The predicted molar refractivity (Wildman–Crippen MR) is 147 cm³/mol. The molecule has 0 atom stereocenters. The highest BCUT2D eigenvalue weighted by molar-refractivity contribution is 6.35. The van der Waals surface area contributed by atoms with Gasteiger partial charge in [-0.15, -0.1) is 0 Å². The van der Waals surface area contributed by atoms with Gasteiger partial charge in [-0.1, -0.05) is 44.0 Å². The lowest BCUT2D eigenvalue weighted by Gasteiger charge is -2.38. The number of halogens is 2. The fourth-order valence-electron chi connectivity index (χ4n) is 4.03. The zero-order chi connectivity index (χ0) is 25.9. The Morgan fingerprint density at radius 1 is 0.917 bits per heavy atom. The first-order valence-electron chi connectivity index (χ1n) is 11.8. The van der Waals surface area contributed by atoms with Gasteiger partial charge in [-0.25, -0.2) is 0 Å². The summed E-state index contributed by atoms with van der Waals surface area (Å²) in [5, 5.41) is 3.91. The summed E-state index contributed by atoms with van der Waals surface area (Å²) in [6.45, 7) is 8.83. The number of hydrogen-bond acceptors (Lipinski definition) is 4. The van der Waals surface area contributed by atoms with Gasteiger partial charge in [-0.05, 0) is 60.7 Å². The topological polar surface area (TPSA) is 65.8 Å².